The monoisotopic (exact) mass is 516 g/mol. The molecule has 1 fully saturated rings. The van der Waals surface area contributed by atoms with E-state index in [1.807, 2.05) is 61.3 Å². The maximum atomic E-state index is 12.9. The molecule has 1 aromatic carbocycles. The molecule has 0 saturated carbocycles. The van der Waals surface area contributed by atoms with Gasteiger partial charge in [0.05, 0.1) is 30.4 Å². The van der Waals surface area contributed by atoms with Crippen LogP contribution in [0.25, 0.3) is 22.3 Å². The van der Waals surface area contributed by atoms with Crippen LogP contribution < -0.4 is 0 Å². The summed E-state index contributed by atoms with van der Waals surface area (Å²) >= 11 is 0. The van der Waals surface area contributed by atoms with E-state index in [4.69, 9.17) is 0 Å². The molecule has 1 aliphatic rings. The van der Waals surface area contributed by atoms with Crippen LogP contribution >= 0.6 is 0 Å². The number of H-pyrrole nitrogens is 1. The zero-order chi connectivity index (χ0) is 27.1. The number of aromatic amines is 1. The molecule has 8 nitrogen and oxygen atoms in total. The zero-order valence-corrected chi connectivity index (χ0v) is 22.7. The van der Waals surface area contributed by atoms with Gasteiger partial charge in [-0.25, -0.2) is 14.4 Å². The van der Waals surface area contributed by atoms with Crippen LogP contribution in [0.3, 0.4) is 0 Å². The van der Waals surface area contributed by atoms with Crippen molar-refractivity contribution in [1.29, 1.82) is 5.26 Å². The first-order valence-electron chi connectivity index (χ1n) is 13.1. The number of fused-ring (bicyclic) bond motifs is 1. The van der Waals surface area contributed by atoms with Crippen molar-refractivity contribution in [2.45, 2.75) is 45.7 Å². The maximum absolute atomic E-state index is 12.9. The molecule has 0 aliphatic carbocycles. The molecule has 1 N–H and O–H groups in total. The second-order valence-electron chi connectivity index (χ2n) is 10.5. The number of aromatic nitrogens is 5. The van der Waals surface area contributed by atoms with Crippen LogP contribution in [0.1, 0.15) is 43.4 Å². The largest absolute Gasteiger partial charge is 0.346 e. The van der Waals surface area contributed by atoms with E-state index in [0.29, 0.717) is 6.42 Å². The Labute approximate surface area is 224 Å². The van der Waals surface area contributed by atoms with Gasteiger partial charge in [-0.1, -0.05) is 13.0 Å². The van der Waals surface area contributed by atoms with Crippen molar-refractivity contribution in [3.8, 4) is 17.3 Å². The minimum absolute atomic E-state index is 0.0608. The topological polar surface area (TPSA) is 89.7 Å². The number of nitrogens with one attached hydrogen (secondary N) is 1. The van der Waals surface area contributed by atoms with Gasteiger partial charge >= 0.3 is 0 Å². The fraction of sp³-hybridized carbons (Fsp3) is 0.448. The lowest BCUT2D eigenvalue weighted by atomic mass is 9.99. The number of benzene rings is 1. The summed E-state index contributed by atoms with van der Waals surface area (Å²) in [7, 11) is 3.94. The van der Waals surface area contributed by atoms with Crippen LogP contribution in [0.4, 0.5) is 4.39 Å². The summed E-state index contributed by atoms with van der Waals surface area (Å²) in [6.07, 6.45) is 10.2. The first-order valence-corrected chi connectivity index (χ1v) is 13.1. The van der Waals surface area contributed by atoms with Gasteiger partial charge < -0.3 is 14.8 Å². The molecule has 0 spiro atoms. The number of piperidine rings is 1. The van der Waals surface area contributed by atoms with Crippen LogP contribution in [0.2, 0.25) is 0 Å². The summed E-state index contributed by atoms with van der Waals surface area (Å²) in [6.45, 7) is 8.08. The minimum Gasteiger partial charge on any atom is -0.346 e. The smallest absolute Gasteiger partial charge is 0.141 e. The Morgan fingerprint density at radius 1 is 1.21 bits per heavy atom. The van der Waals surface area contributed by atoms with Crippen molar-refractivity contribution >= 4 is 11.0 Å². The number of likely N-dealkylation sites (tertiary alicyclic amines) is 1. The van der Waals surface area contributed by atoms with Gasteiger partial charge in [0.25, 0.3) is 0 Å². The van der Waals surface area contributed by atoms with Crippen LogP contribution in [-0.2, 0) is 6.54 Å². The average Bonchev–Trinajstić information content (AvgIpc) is 3.54. The van der Waals surface area contributed by atoms with Crippen LogP contribution in [0, 0.1) is 30.0 Å². The van der Waals surface area contributed by atoms with Crippen molar-refractivity contribution < 1.29 is 4.39 Å². The highest BCUT2D eigenvalue weighted by molar-refractivity contribution is 5.89. The van der Waals surface area contributed by atoms with Gasteiger partial charge in [-0.15, -0.1) is 0 Å². The molecule has 0 bridgehead atoms. The van der Waals surface area contributed by atoms with Crippen molar-refractivity contribution in [3.05, 3.63) is 66.1 Å². The summed E-state index contributed by atoms with van der Waals surface area (Å²) in [4.78, 5) is 16.3. The highest BCUT2D eigenvalue weighted by Gasteiger charge is 2.21. The normalized spacial score (nSPS) is 15.3. The molecule has 0 amide bonds. The maximum Gasteiger partial charge on any atom is 0.141 e. The first kappa shape index (κ1) is 27.4. The lowest BCUT2D eigenvalue weighted by Crippen LogP contribution is -2.37. The third kappa shape index (κ3) is 7.24. The van der Waals surface area contributed by atoms with E-state index >= 15 is 0 Å². The second-order valence-corrected chi connectivity index (χ2v) is 10.5. The molecular formula is C29H37FN8. The Morgan fingerprint density at radius 2 is 2.00 bits per heavy atom. The van der Waals surface area contributed by atoms with Gasteiger partial charge in [-0.3, -0.25) is 4.68 Å². The molecule has 5 rings (SSSR count). The van der Waals surface area contributed by atoms with Crippen molar-refractivity contribution in [2.24, 2.45) is 5.92 Å². The van der Waals surface area contributed by atoms with E-state index in [0.717, 1.165) is 65.5 Å². The quantitative estimate of drug-likeness (QED) is 0.363. The third-order valence-corrected chi connectivity index (χ3v) is 6.88. The minimum atomic E-state index is -0.146. The SMILES string of the molecule is CC1CCN(CC(CC#N)n2cc(-c3ncnc4[nH]ccc34)cn2)CC1.Cc1cc(F)cc(CN(C)C)c1. The fourth-order valence-electron chi connectivity index (χ4n) is 4.92. The predicted octanol–water partition coefficient (Wildman–Crippen LogP) is 5.20. The molecule has 9 heteroatoms. The molecule has 4 aromatic rings. The molecular weight excluding hydrogens is 479 g/mol. The zero-order valence-electron chi connectivity index (χ0n) is 22.7. The van der Waals surface area contributed by atoms with Crippen LogP contribution in [0.5, 0.6) is 0 Å². The molecule has 3 aromatic heterocycles. The molecule has 1 saturated heterocycles. The van der Waals surface area contributed by atoms with E-state index < -0.39 is 0 Å². The number of rotatable bonds is 7. The number of aryl methyl sites for hydroxylation is 1. The molecule has 4 heterocycles. The van der Waals surface area contributed by atoms with E-state index in [1.54, 1.807) is 18.5 Å². The van der Waals surface area contributed by atoms with E-state index in [2.05, 4.69) is 37.9 Å². The summed E-state index contributed by atoms with van der Waals surface area (Å²) in [5.74, 6) is 0.658. The van der Waals surface area contributed by atoms with Crippen LogP contribution in [0.15, 0.2) is 49.2 Å². The van der Waals surface area contributed by atoms with Crippen LogP contribution in [-0.4, -0.2) is 68.3 Å². The summed E-state index contributed by atoms with van der Waals surface area (Å²) in [6, 6.07) is 9.48. The first-order chi connectivity index (χ1) is 18.3. The average molecular weight is 517 g/mol. The fourth-order valence-corrected chi connectivity index (χ4v) is 4.92. The highest BCUT2D eigenvalue weighted by atomic mass is 19.1. The lowest BCUT2D eigenvalue weighted by Gasteiger charge is -2.32. The summed E-state index contributed by atoms with van der Waals surface area (Å²) in [5, 5.41) is 14.8. The standard InChI is InChI=1S/C19H23N7.C10H14FN/c1-14-4-8-25(9-5-14)12-16(2-6-20)26-11-15(10-24-26)18-17-3-7-21-19(17)23-13-22-18;1-8-4-9(7-12(2)3)6-10(11)5-8/h3,7,10-11,13-14,16H,2,4-5,8-9,12H2,1H3,(H,21,22,23);4-6H,7H2,1-3H3. The second kappa shape index (κ2) is 12.8. The third-order valence-electron chi connectivity index (χ3n) is 6.88. The number of hydrogen-bond donors (Lipinski definition) is 1. The van der Waals surface area contributed by atoms with Crippen molar-refractivity contribution in [2.75, 3.05) is 33.7 Å². The van der Waals surface area contributed by atoms with Gasteiger partial charge in [0.1, 0.15) is 17.8 Å². The van der Waals surface area contributed by atoms with E-state index in [-0.39, 0.29) is 11.9 Å². The van der Waals surface area contributed by atoms with E-state index in [1.165, 1.54) is 12.8 Å². The van der Waals surface area contributed by atoms with Crippen molar-refractivity contribution in [3.63, 3.8) is 0 Å². The van der Waals surface area contributed by atoms with Gasteiger partial charge in [-0.2, -0.15) is 10.4 Å². The summed E-state index contributed by atoms with van der Waals surface area (Å²) < 4.78 is 14.8. The van der Waals surface area contributed by atoms with E-state index in [9.17, 15) is 9.65 Å². The Balaban J connectivity index is 0.000000236. The Hall–Kier alpha value is -3.61. The Kier molecular flexibility index (Phi) is 9.21. The molecule has 0 radical (unpaired) electrons. The molecule has 1 unspecified atom stereocenters. The molecule has 38 heavy (non-hydrogen) atoms. The van der Waals surface area contributed by atoms with Gasteiger partial charge in [0.15, 0.2) is 0 Å². The lowest BCUT2D eigenvalue weighted by molar-refractivity contribution is 0.165. The highest BCUT2D eigenvalue weighted by Crippen LogP contribution is 2.26. The number of hydrogen-bond acceptors (Lipinski definition) is 6. The molecule has 200 valence electrons. The number of nitriles is 1. The predicted molar refractivity (Wildman–Crippen MR) is 148 cm³/mol. The van der Waals surface area contributed by atoms with Gasteiger partial charge in [0.2, 0.25) is 0 Å². The van der Waals surface area contributed by atoms with Gasteiger partial charge in [0, 0.05) is 36.4 Å². The Bertz CT molecular complexity index is 1340. The van der Waals surface area contributed by atoms with Gasteiger partial charge in [-0.05, 0) is 82.2 Å². The number of halogens is 1. The summed E-state index contributed by atoms with van der Waals surface area (Å²) in [5.41, 5.74) is 4.64. The number of nitrogens with zero attached hydrogens (tertiary/aromatic N) is 7. The van der Waals surface area contributed by atoms with Crippen molar-refractivity contribution in [1.82, 2.24) is 34.5 Å². The molecule has 1 aliphatic heterocycles. The Morgan fingerprint density at radius 3 is 2.71 bits per heavy atom. The molecule has 1 atom stereocenters.